The van der Waals surface area contributed by atoms with Gasteiger partial charge in [-0.05, 0) is 39.5 Å². The van der Waals surface area contributed by atoms with Crippen molar-refractivity contribution in [3.8, 4) is 0 Å². The van der Waals surface area contributed by atoms with E-state index in [1.807, 2.05) is 0 Å². The lowest BCUT2D eigenvalue weighted by Crippen LogP contribution is -2.47. The summed E-state index contributed by atoms with van der Waals surface area (Å²) >= 11 is 0. The molecule has 0 aromatic rings. The van der Waals surface area contributed by atoms with Gasteiger partial charge in [-0.15, -0.1) is 0 Å². The SMILES string of the molecule is CC1(C)CC(NC2CCCCCC2)CCO1. The molecule has 1 aliphatic heterocycles. The summed E-state index contributed by atoms with van der Waals surface area (Å²) in [5, 5.41) is 3.87. The minimum absolute atomic E-state index is 0.0840. The molecule has 0 bridgehead atoms. The highest BCUT2D eigenvalue weighted by molar-refractivity contribution is 4.85. The fourth-order valence-corrected chi connectivity index (χ4v) is 3.15. The molecule has 2 nitrogen and oxygen atoms in total. The van der Waals surface area contributed by atoms with Gasteiger partial charge in [0, 0.05) is 18.7 Å². The van der Waals surface area contributed by atoms with Crippen molar-refractivity contribution in [1.82, 2.24) is 5.32 Å². The molecule has 1 atom stereocenters. The van der Waals surface area contributed by atoms with E-state index in [1.165, 1.54) is 51.4 Å². The molecule has 1 aliphatic carbocycles. The Kier molecular flexibility index (Phi) is 4.26. The van der Waals surface area contributed by atoms with Crippen LogP contribution in [0, 0.1) is 0 Å². The molecule has 2 fully saturated rings. The average molecular weight is 225 g/mol. The summed E-state index contributed by atoms with van der Waals surface area (Å²) in [7, 11) is 0. The van der Waals surface area contributed by atoms with Gasteiger partial charge in [0.05, 0.1) is 5.60 Å². The van der Waals surface area contributed by atoms with Crippen LogP contribution in [0.3, 0.4) is 0 Å². The minimum Gasteiger partial charge on any atom is -0.375 e. The molecule has 16 heavy (non-hydrogen) atoms. The molecule has 0 radical (unpaired) electrons. The van der Waals surface area contributed by atoms with E-state index in [1.54, 1.807) is 0 Å². The number of hydrogen-bond acceptors (Lipinski definition) is 2. The second-order valence-corrected chi connectivity index (χ2v) is 6.15. The molecule has 94 valence electrons. The van der Waals surface area contributed by atoms with E-state index in [2.05, 4.69) is 19.2 Å². The summed E-state index contributed by atoms with van der Waals surface area (Å²) in [6.07, 6.45) is 10.9. The van der Waals surface area contributed by atoms with Gasteiger partial charge in [0.1, 0.15) is 0 Å². The second kappa shape index (κ2) is 5.50. The Morgan fingerprint density at radius 1 is 0.938 bits per heavy atom. The maximum absolute atomic E-state index is 5.77. The Hall–Kier alpha value is -0.0800. The van der Waals surface area contributed by atoms with Crippen LogP contribution in [0.5, 0.6) is 0 Å². The minimum atomic E-state index is 0.0840. The first-order valence-electron chi connectivity index (χ1n) is 7.06. The van der Waals surface area contributed by atoms with Gasteiger partial charge < -0.3 is 10.1 Å². The van der Waals surface area contributed by atoms with Crippen molar-refractivity contribution in [3.63, 3.8) is 0 Å². The monoisotopic (exact) mass is 225 g/mol. The normalized spacial score (nSPS) is 32.2. The van der Waals surface area contributed by atoms with E-state index < -0.39 is 0 Å². The predicted octanol–water partition coefficient (Wildman–Crippen LogP) is 3.26. The van der Waals surface area contributed by atoms with Gasteiger partial charge in [0.15, 0.2) is 0 Å². The molecule has 2 heteroatoms. The second-order valence-electron chi connectivity index (χ2n) is 6.15. The van der Waals surface area contributed by atoms with Crippen molar-refractivity contribution in [2.24, 2.45) is 0 Å². The van der Waals surface area contributed by atoms with Gasteiger partial charge in [0.2, 0.25) is 0 Å². The molecule has 0 amide bonds. The Balaban J connectivity index is 1.79. The topological polar surface area (TPSA) is 21.3 Å². The maximum atomic E-state index is 5.77. The molecule has 1 unspecified atom stereocenters. The molecule has 1 saturated heterocycles. The van der Waals surface area contributed by atoms with Crippen LogP contribution in [-0.2, 0) is 4.74 Å². The van der Waals surface area contributed by atoms with Gasteiger partial charge in [0.25, 0.3) is 0 Å². The molecule has 1 heterocycles. The van der Waals surface area contributed by atoms with Crippen LogP contribution in [0.4, 0.5) is 0 Å². The van der Waals surface area contributed by atoms with E-state index in [-0.39, 0.29) is 5.60 Å². The van der Waals surface area contributed by atoms with Crippen molar-refractivity contribution < 1.29 is 4.74 Å². The quantitative estimate of drug-likeness (QED) is 0.728. The molecule has 1 saturated carbocycles. The Bertz CT molecular complexity index is 207. The summed E-state index contributed by atoms with van der Waals surface area (Å²) in [4.78, 5) is 0. The van der Waals surface area contributed by atoms with Gasteiger partial charge in [-0.3, -0.25) is 0 Å². The number of hydrogen-bond donors (Lipinski definition) is 1. The third-order valence-electron chi connectivity index (χ3n) is 4.02. The molecule has 2 aliphatic rings. The summed E-state index contributed by atoms with van der Waals surface area (Å²) < 4.78 is 5.77. The van der Waals surface area contributed by atoms with Gasteiger partial charge in [-0.1, -0.05) is 25.7 Å². The average Bonchev–Trinajstić information content (AvgIpc) is 2.45. The van der Waals surface area contributed by atoms with E-state index >= 15 is 0 Å². The summed E-state index contributed by atoms with van der Waals surface area (Å²) in [5.41, 5.74) is 0.0840. The molecule has 0 aromatic heterocycles. The van der Waals surface area contributed by atoms with Crippen molar-refractivity contribution in [3.05, 3.63) is 0 Å². The lowest BCUT2D eigenvalue weighted by molar-refractivity contribution is -0.0643. The lowest BCUT2D eigenvalue weighted by atomic mass is 9.93. The molecule has 2 rings (SSSR count). The van der Waals surface area contributed by atoms with Gasteiger partial charge in [-0.25, -0.2) is 0 Å². The zero-order valence-electron chi connectivity index (χ0n) is 10.9. The van der Waals surface area contributed by atoms with Crippen LogP contribution in [0.2, 0.25) is 0 Å². The lowest BCUT2D eigenvalue weighted by Gasteiger charge is -2.37. The Labute approximate surface area is 100 Å². The fraction of sp³-hybridized carbons (Fsp3) is 1.00. The molecular weight excluding hydrogens is 198 g/mol. The maximum Gasteiger partial charge on any atom is 0.0641 e. The zero-order chi connectivity index (χ0) is 11.4. The van der Waals surface area contributed by atoms with Crippen molar-refractivity contribution in [2.75, 3.05) is 6.61 Å². The summed E-state index contributed by atoms with van der Waals surface area (Å²) in [5.74, 6) is 0. The summed E-state index contributed by atoms with van der Waals surface area (Å²) in [6.45, 7) is 5.36. The van der Waals surface area contributed by atoms with E-state index in [9.17, 15) is 0 Å². The van der Waals surface area contributed by atoms with Crippen LogP contribution < -0.4 is 5.32 Å². The highest BCUT2D eigenvalue weighted by atomic mass is 16.5. The first-order chi connectivity index (χ1) is 7.66. The zero-order valence-corrected chi connectivity index (χ0v) is 10.9. The molecular formula is C14H27NO. The fourth-order valence-electron chi connectivity index (χ4n) is 3.15. The molecule has 0 aromatic carbocycles. The van der Waals surface area contributed by atoms with Gasteiger partial charge >= 0.3 is 0 Å². The number of nitrogens with one attached hydrogen (secondary N) is 1. The van der Waals surface area contributed by atoms with Crippen molar-refractivity contribution >= 4 is 0 Å². The smallest absolute Gasteiger partial charge is 0.0641 e. The largest absolute Gasteiger partial charge is 0.375 e. The first-order valence-corrected chi connectivity index (χ1v) is 7.06. The van der Waals surface area contributed by atoms with Crippen LogP contribution in [0.1, 0.15) is 65.2 Å². The number of rotatable bonds is 2. The number of ether oxygens (including phenoxy) is 1. The van der Waals surface area contributed by atoms with Gasteiger partial charge in [-0.2, -0.15) is 0 Å². The van der Waals surface area contributed by atoms with Crippen LogP contribution in [-0.4, -0.2) is 24.3 Å². The Morgan fingerprint density at radius 2 is 1.62 bits per heavy atom. The molecule has 0 spiro atoms. The summed E-state index contributed by atoms with van der Waals surface area (Å²) in [6, 6.07) is 1.47. The van der Waals surface area contributed by atoms with Crippen LogP contribution in [0.15, 0.2) is 0 Å². The predicted molar refractivity (Wildman–Crippen MR) is 67.7 cm³/mol. The van der Waals surface area contributed by atoms with E-state index in [0.29, 0.717) is 6.04 Å². The highest BCUT2D eigenvalue weighted by Gasteiger charge is 2.29. The van der Waals surface area contributed by atoms with Crippen molar-refractivity contribution in [2.45, 2.75) is 82.9 Å². The molecule has 1 N–H and O–H groups in total. The standard InChI is InChI=1S/C14H27NO/c1-14(2)11-13(9-10-16-14)15-12-7-5-3-4-6-8-12/h12-13,15H,3-11H2,1-2H3. The first kappa shape index (κ1) is 12.4. The van der Waals surface area contributed by atoms with Crippen LogP contribution in [0.25, 0.3) is 0 Å². The van der Waals surface area contributed by atoms with E-state index in [0.717, 1.165) is 12.6 Å². The highest BCUT2D eigenvalue weighted by Crippen LogP contribution is 2.26. The van der Waals surface area contributed by atoms with Crippen molar-refractivity contribution in [1.29, 1.82) is 0 Å². The third kappa shape index (κ3) is 3.74. The van der Waals surface area contributed by atoms with Crippen LogP contribution >= 0.6 is 0 Å². The van der Waals surface area contributed by atoms with E-state index in [4.69, 9.17) is 4.74 Å². The Morgan fingerprint density at radius 3 is 2.25 bits per heavy atom. The third-order valence-corrected chi connectivity index (χ3v) is 4.02.